The molecule has 1 aromatic carbocycles. The molecule has 2 rings (SSSR count). The van der Waals surface area contributed by atoms with Crippen LogP contribution < -0.4 is 5.32 Å². The molecule has 0 aliphatic heterocycles. The van der Waals surface area contributed by atoms with Gasteiger partial charge in [-0.25, -0.2) is 0 Å². The molecule has 1 saturated carbocycles. The Morgan fingerprint density at radius 2 is 2.12 bits per heavy atom. The standard InChI is InChI=1S/C14H19Cl2N/c1-2-7-17-12-5-3-10(8-12)13-9-11(15)4-6-14(13)16/h4,6,9-10,12,17H,2-3,5,7-8H2,1H3. The zero-order valence-electron chi connectivity index (χ0n) is 10.2. The molecule has 1 fully saturated rings. The highest BCUT2D eigenvalue weighted by atomic mass is 35.5. The molecule has 94 valence electrons. The Kier molecular flexibility index (Phi) is 4.72. The van der Waals surface area contributed by atoms with Gasteiger partial charge >= 0.3 is 0 Å². The third-order valence-electron chi connectivity index (χ3n) is 3.51. The third-order valence-corrected chi connectivity index (χ3v) is 4.09. The van der Waals surface area contributed by atoms with E-state index in [9.17, 15) is 0 Å². The van der Waals surface area contributed by atoms with Crippen LogP contribution in [0.1, 0.15) is 44.1 Å². The lowest BCUT2D eigenvalue weighted by Gasteiger charge is -2.14. The van der Waals surface area contributed by atoms with Crippen molar-refractivity contribution in [1.82, 2.24) is 5.32 Å². The van der Waals surface area contributed by atoms with E-state index in [1.165, 1.54) is 31.2 Å². The summed E-state index contributed by atoms with van der Waals surface area (Å²) in [7, 11) is 0. The quantitative estimate of drug-likeness (QED) is 0.842. The van der Waals surface area contributed by atoms with Crippen molar-refractivity contribution in [2.24, 2.45) is 0 Å². The molecule has 1 nitrogen and oxygen atoms in total. The second-order valence-electron chi connectivity index (χ2n) is 4.83. The molecule has 1 aromatic rings. The summed E-state index contributed by atoms with van der Waals surface area (Å²) >= 11 is 12.3. The van der Waals surface area contributed by atoms with Crippen LogP contribution >= 0.6 is 23.2 Å². The van der Waals surface area contributed by atoms with E-state index in [-0.39, 0.29) is 0 Å². The minimum absolute atomic E-state index is 0.565. The molecule has 0 amide bonds. The first-order valence-corrected chi connectivity index (χ1v) is 7.14. The number of rotatable bonds is 4. The molecule has 0 bridgehead atoms. The van der Waals surface area contributed by atoms with E-state index in [1.54, 1.807) is 0 Å². The van der Waals surface area contributed by atoms with Crippen LogP contribution in [0.25, 0.3) is 0 Å². The average molecular weight is 272 g/mol. The van der Waals surface area contributed by atoms with Gasteiger partial charge in [-0.15, -0.1) is 0 Å². The highest BCUT2D eigenvalue weighted by Gasteiger charge is 2.26. The number of nitrogens with one attached hydrogen (secondary N) is 1. The van der Waals surface area contributed by atoms with Gasteiger partial charge in [-0.05, 0) is 61.9 Å². The van der Waals surface area contributed by atoms with Gasteiger partial charge in [0.15, 0.2) is 0 Å². The van der Waals surface area contributed by atoms with Crippen LogP contribution in [0, 0.1) is 0 Å². The topological polar surface area (TPSA) is 12.0 Å². The van der Waals surface area contributed by atoms with Gasteiger partial charge in [0.2, 0.25) is 0 Å². The predicted octanol–water partition coefficient (Wildman–Crippen LogP) is 4.63. The summed E-state index contributed by atoms with van der Waals surface area (Å²) in [5, 5.41) is 5.23. The maximum absolute atomic E-state index is 6.25. The van der Waals surface area contributed by atoms with Gasteiger partial charge in [-0.3, -0.25) is 0 Å². The molecule has 2 atom stereocenters. The fourth-order valence-electron chi connectivity index (χ4n) is 2.63. The summed E-state index contributed by atoms with van der Waals surface area (Å²) in [5.74, 6) is 0.565. The maximum atomic E-state index is 6.25. The van der Waals surface area contributed by atoms with Gasteiger partial charge in [-0.2, -0.15) is 0 Å². The van der Waals surface area contributed by atoms with Crippen molar-refractivity contribution in [3.8, 4) is 0 Å². The normalized spacial score (nSPS) is 24.2. The summed E-state index contributed by atoms with van der Waals surface area (Å²) < 4.78 is 0. The Hall–Kier alpha value is -0.240. The highest BCUT2D eigenvalue weighted by Crippen LogP contribution is 2.38. The SMILES string of the molecule is CCCNC1CCC(c2cc(Cl)ccc2Cl)C1. The lowest BCUT2D eigenvalue weighted by Crippen LogP contribution is -2.26. The van der Waals surface area contributed by atoms with Crippen LogP contribution in [0.2, 0.25) is 10.0 Å². The van der Waals surface area contributed by atoms with Gasteiger partial charge < -0.3 is 5.32 Å². The van der Waals surface area contributed by atoms with Gasteiger partial charge in [0.25, 0.3) is 0 Å². The summed E-state index contributed by atoms with van der Waals surface area (Å²) in [6, 6.07) is 6.44. The van der Waals surface area contributed by atoms with Crippen molar-refractivity contribution < 1.29 is 0 Å². The van der Waals surface area contributed by atoms with Crippen molar-refractivity contribution in [2.45, 2.75) is 44.6 Å². The molecule has 0 aromatic heterocycles. The van der Waals surface area contributed by atoms with Gasteiger partial charge in [0, 0.05) is 16.1 Å². The first kappa shape index (κ1) is 13.2. The van der Waals surface area contributed by atoms with E-state index in [0.717, 1.165) is 16.6 Å². The van der Waals surface area contributed by atoms with Gasteiger partial charge in [0.05, 0.1) is 0 Å². The second kappa shape index (κ2) is 6.08. The number of hydrogen-bond donors (Lipinski definition) is 1. The van der Waals surface area contributed by atoms with E-state index in [0.29, 0.717) is 12.0 Å². The molecule has 0 saturated heterocycles. The van der Waals surface area contributed by atoms with Crippen LogP contribution in [0.4, 0.5) is 0 Å². The van der Waals surface area contributed by atoms with Crippen LogP contribution in [0.5, 0.6) is 0 Å². The molecule has 0 radical (unpaired) electrons. The van der Waals surface area contributed by atoms with E-state index < -0.39 is 0 Å². The first-order valence-electron chi connectivity index (χ1n) is 6.39. The van der Waals surface area contributed by atoms with E-state index in [4.69, 9.17) is 23.2 Å². The molecule has 1 N–H and O–H groups in total. The first-order chi connectivity index (χ1) is 8.20. The zero-order chi connectivity index (χ0) is 12.3. The monoisotopic (exact) mass is 271 g/mol. The lowest BCUT2D eigenvalue weighted by atomic mass is 9.97. The average Bonchev–Trinajstić information content (AvgIpc) is 2.78. The fourth-order valence-corrected chi connectivity index (χ4v) is 3.08. The molecule has 1 aliphatic rings. The Balaban J connectivity index is 2.02. The van der Waals surface area contributed by atoms with Crippen LogP contribution in [0.3, 0.4) is 0 Å². The molecule has 1 aliphatic carbocycles. The van der Waals surface area contributed by atoms with Crippen molar-refractivity contribution >= 4 is 23.2 Å². The van der Waals surface area contributed by atoms with Crippen molar-refractivity contribution in [2.75, 3.05) is 6.54 Å². The molecule has 3 heteroatoms. The fraction of sp³-hybridized carbons (Fsp3) is 0.571. The van der Waals surface area contributed by atoms with E-state index in [2.05, 4.69) is 12.2 Å². The predicted molar refractivity (Wildman–Crippen MR) is 75.1 cm³/mol. The van der Waals surface area contributed by atoms with Gasteiger partial charge in [-0.1, -0.05) is 30.1 Å². The van der Waals surface area contributed by atoms with Crippen molar-refractivity contribution in [1.29, 1.82) is 0 Å². The smallest absolute Gasteiger partial charge is 0.0441 e. The Labute approximate surface area is 114 Å². The van der Waals surface area contributed by atoms with Crippen molar-refractivity contribution in [3.63, 3.8) is 0 Å². The van der Waals surface area contributed by atoms with Gasteiger partial charge in [0.1, 0.15) is 0 Å². The van der Waals surface area contributed by atoms with Crippen LogP contribution in [-0.2, 0) is 0 Å². The van der Waals surface area contributed by atoms with E-state index >= 15 is 0 Å². The molecular weight excluding hydrogens is 253 g/mol. The minimum Gasteiger partial charge on any atom is -0.314 e. The molecule has 0 spiro atoms. The van der Waals surface area contributed by atoms with E-state index in [1.807, 2.05) is 18.2 Å². The maximum Gasteiger partial charge on any atom is 0.0441 e. The second-order valence-corrected chi connectivity index (χ2v) is 5.67. The molecule has 0 heterocycles. The Bertz CT molecular complexity index is 378. The number of hydrogen-bond acceptors (Lipinski definition) is 1. The Morgan fingerprint density at radius 3 is 2.88 bits per heavy atom. The summed E-state index contributed by atoms with van der Waals surface area (Å²) in [5.41, 5.74) is 1.22. The third kappa shape index (κ3) is 3.37. The van der Waals surface area contributed by atoms with Crippen LogP contribution in [-0.4, -0.2) is 12.6 Å². The highest BCUT2D eigenvalue weighted by molar-refractivity contribution is 6.33. The minimum atomic E-state index is 0.565. The Morgan fingerprint density at radius 1 is 1.29 bits per heavy atom. The molecular formula is C14H19Cl2N. The van der Waals surface area contributed by atoms with Crippen molar-refractivity contribution in [3.05, 3.63) is 33.8 Å². The summed E-state index contributed by atoms with van der Waals surface area (Å²) in [6.45, 7) is 3.31. The zero-order valence-corrected chi connectivity index (χ0v) is 11.7. The number of benzene rings is 1. The lowest BCUT2D eigenvalue weighted by molar-refractivity contribution is 0.517. The molecule has 2 unspecified atom stereocenters. The summed E-state index contributed by atoms with van der Waals surface area (Å²) in [6.07, 6.45) is 4.83. The number of halogens is 2. The largest absolute Gasteiger partial charge is 0.314 e. The van der Waals surface area contributed by atoms with Crippen LogP contribution in [0.15, 0.2) is 18.2 Å². The molecule has 17 heavy (non-hydrogen) atoms. The summed E-state index contributed by atoms with van der Waals surface area (Å²) in [4.78, 5) is 0.